The highest BCUT2D eigenvalue weighted by Crippen LogP contribution is 2.17. The second-order valence-electron chi connectivity index (χ2n) is 3.89. The molecule has 4 nitrogen and oxygen atoms in total. The molecule has 17 heavy (non-hydrogen) atoms. The van der Waals surface area contributed by atoms with Crippen LogP contribution in [0.5, 0.6) is 0 Å². The maximum Gasteiger partial charge on any atom is 0.373 e. The zero-order valence-corrected chi connectivity index (χ0v) is 10.3. The van der Waals surface area contributed by atoms with E-state index in [-0.39, 0.29) is 17.8 Å². The Bertz CT molecular complexity index is 417. The van der Waals surface area contributed by atoms with Gasteiger partial charge in [-0.05, 0) is 26.0 Å². The van der Waals surface area contributed by atoms with Crippen LogP contribution in [0.1, 0.15) is 42.6 Å². The van der Waals surface area contributed by atoms with Crippen molar-refractivity contribution in [2.45, 2.75) is 32.4 Å². The van der Waals surface area contributed by atoms with E-state index in [1.165, 1.54) is 7.11 Å². The number of carbonyl (C=O) groups is 1. The summed E-state index contributed by atoms with van der Waals surface area (Å²) >= 11 is 0. The van der Waals surface area contributed by atoms with Crippen molar-refractivity contribution in [3.63, 3.8) is 0 Å². The Hall–Kier alpha value is -1.73. The van der Waals surface area contributed by atoms with Crippen LogP contribution in [0.3, 0.4) is 0 Å². The molecule has 0 aromatic carbocycles. The number of rotatable bonds is 5. The Balaban J connectivity index is 2.64. The summed E-state index contributed by atoms with van der Waals surface area (Å²) < 4.78 is 9.96. The van der Waals surface area contributed by atoms with Gasteiger partial charge in [-0.1, -0.05) is 0 Å². The second-order valence-corrected chi connectivity index (χ2v) is 3.89. The molecule has 2 unspecified atom stereocenters. The number of ether oxygens (including phenoxy) is 1. The van der Waals surface area contributed by atoms with Gasteiger partial charge in [0.2, 0.25) is 5.76 Å². The van der Waals surface area contributed by atoms with Crippen LogP contribution in [-0.2, 0) is 4.74 Å². The molecule has 0 radical (unpaired) electrons. The van der Waals surface area contributed by atoms with Gasteiger partial charge in [-0.25, -0.2) is 4.79 Å². The van der Waals surface area contributed by atoms with Gasteiger partial charge in [0, 0.05) is 12.5 Å². The van der Waals surface area contributed by atoms with Crippen molar-refractivity contribution < 1.29 is 13.9 Å². The van der Waals surface area contributed by atoms with E-state index in [1.807, 2.05) is 13.8 Å². The summed E-state index contributed by atoms with van der Waals surface area (Å²) in [6.45, 7) is 3.95. The standard InChI is InChI=1S/C13H17NO3/c1-5-6-9(2)14-10(3)11-7-8-12(17-11)13(15)16-4/h1,7-10,14H,6H2,2-4H3. The number of carbonyl (C=O) groups excluding carboxylic acids is 1. The van der Waals surface area contributed by atoms with Crippen molar-refractivity contribution in [3.8, 4) is 12.3 Å². The maximum atomic E-state index is 11.2. The SMILES string of the molecule is C#CCC(C)NC(C)c1ccc(C(=O)OC)o1. The van der Waals surface area contributed by atoms with Crippen LogP contribution in [-0.4, -0.2) is 19.1 Å². The van der Waals surface area contributed by atoms with E-state index in [4.69, 9.17) is 10.8 Å². The fourth-order valence-corrected chi connectivity index (χ4v) is 1.54. The Morgan fingerprint density at radius 2 is 2.29 bits per heavy atom. The van der Waals surface area contributed by atoms with E-state index >= 15 is 0 Å². The van der Waals surface area contributed by atoms with Crippen LogP contribution in [0.15, 0.2) is 16.5 Å². The molecule has 1 N–H and O–H groups in total. The summed E-state index contributed by atoms with van der Waals surface area (Å²) in [4.78, 5) is 11.2. The fourth-order valence-electron chi connectivity index (χ4n) is 1.54. The Kier molecular flexibility index (Phi) is 4.80. The average molecular weight is 235 g/mol. The minimum Gasteiger partial charge on any atom is -0.463 e. The number of methoxy groups -OCH3 is 1. The molecule has 0 saturated carbocycles. The molecule has 1 aromatic heterocycles. The lowest BCUT2D eigenvalue weighted by atomic mass is 10.2. The lowest BCUT2D eigenvalue weighted by Gasteiger charge is -2.16. The average Bonchev–Trinajstić information content (AvgIpc) is 2.77. The molecule has 92 valence electrons. The summed E-state index contributed by atoms with van der Waals surface area (Å²) in [6.07, 6.45) is 5.88. The third-order valence-electron chi connectivity index (χ3n) is 2.40. The minimum atomic E-state index is -0.472. The number of hydrogen-bond acceptors (Lipinski definition) is 4. The predicted octanol–water partition coefficient (Wildman–Crippen LogP) is 2.13. The summed E-state index contributed by atoms with van der Waals surface area (Å²) in [5.41, 5.74) is 0. The lowest BCUT2D eigenvalue weighted by molar-refractivity contribution is 0.0562. The van der Waals surface area contributed by atoms with Gasteiger partial charge >= 0.3 is 5.97 Å². The van der Waals surface area contributed by atoms with Gasteiger partial charge in [0.15, 0.2) is 0 Å². The molecule has 0 amide bonds. The van der Waals surface area contributed by atoms with Crippen molar-refractivity contribution in [1.82, 2.24) is 5.32 Å². The van der Waals surface area contributed by atoms with E-state index in [9.17, 15) is 4.79 Å². The highest BCUT2D eigenvalue weighted by molar-refractivity contribution is 5.86. The lowest BCUT2D eigenvalue weighted by Crippen LogP contribution is -2.28. The zero-order valence-electron chi connectivity index (χ0n) is 10.3. The highest BCUT2D eigenvalue weighted by Gasteiger charge is 2.16. The number of esters is 1. The third-order valence-corrected chi connectivity index (χ3v) is 2.40. The highest BCUT2D eigenvalue weighted by atomic mass is 16.5. The molecule has 0 aliphatic carbocycles. The molecular weight excluding hydrogens is 218 g/mol. The maximum absolute atomic E-state index is 11.2. The van der Waals surface area contributed by atoms with Crippen LogP contribution < -0.4 is 5.32 Å². The summed E-state index contributed by atoms with van der Waals surface area (Å²) in [5.74, 6) is 3.02. The number of furan rings is 1. The summed E-state index contributed by atoms with van der Waals surface area (Å²) in [6, 6.07) is 3.55. The number of terminal acetylenes is 1. The van der Waals surface area contributed by atoms with E-state index in [1.54, 1.807) is 12.1 Å². The Labute approximate surface area is 101 Å². The molecule has 0 fully saturated rings. The molecule has 0 aliphatic rings. The Morgan fingerprint density at radius 1 is 1.59 bits per heavy atom. The Morgan fingerprint density at radius 3 is 2.88 bits per heavy atom. The molecule has 1 aromatic rings. The molecule has 0 saturated heterocycles. The third kappa shape index (κ3) is 3.65. The first-order valence-corrected chi connectivity index (χ1v) is 5.46. The van der Waals surface area contributed by atoms with Crippen LogP contribution in [0.25, 0.3) is 0 Å². The first-order valence-electron chi connectivity index (χ1n) is 5.46. The summed E-state index contributed by atoms with van der Waals surface area (Å²) in [7, 11) is 1.32. The van der Waals surface area contributed by atoms with Crippen molar-refractivity contribution in [1.29, 1.82) is 0 Å². The molecule has 2 atom stereocenters. The first kappa shape index (κ1) is 13.3. The minimum absolute atomic E-state index is 0.00300. The molecule has 4 heteroatoms. The number of hydrogen-bond donors (Lipinski definition) is 1. The predicted molar refractivity (Wildman–Crippen MR) is 64.5 cm³/mol. The normalized spacial score (nSPS) is 13.8. The quantitative estimate of drug-likeness (QED) is 0.627. The van der Waals surface area contributed by atoms with Crippen LogP contribution >= 0.6 is 0 Å². The van der Waals surface area contributed by atoms with Gasteiger partial charge < -0.3 is 14.5 Å². The van der Waals surface area contributed by atoms with Crippen LogP contribution in [0, 0.1) is 12.3 Å². The van der Waals surface area contributed by atoms with Gasteiger partial charge in [-0.3, -0.25) is 0 Å². The van der Waals surface area contributed by atoms with Gasteiger partial charge in [0.25, 0.3) is 0 Å². The summed E-state index contributed by atoms with van der Waals surface area (Å²) in [5, 5.41) is 3.28. The van der Waals surface area contributed by atoms with Crippen molar-refractivity contribution in [2.24, 2.45) is 0 Å². The van der Waals surface area contributed by atoms with Gasteiger partial charge in [-0.2, -0.15) is 0 Å². The van der Waals surface area contributed by atoms with E-state index in [2.05, 4.69) is 16.0 Å². The second kappa shape index (κ2) is 6.12. The fraction of sp³-hybridized carbons (Fsp3) is 0.462. The monoisotopic (exact) mass is 235 g/mol. The van der Waals surface area contributed by atoms with E-state index in [0.29, 0.717) is 12.2 Å². The van der Waals surface area contributed by atoms with Gasteiger partial charge in [-0.15, -0.1) is 12.3 Å². The number of nitrogens with one attached hydrogen (secondary N) is 1. The van der Waals surface area contributed by atoms with Crippen molar-refractivity contribution >= 4 is 5.97 Å². The van der Waals surface area contributed by atoms with Crippen molar-refractivity contribution in [3.05, 3.63) is 23.7 Å². The largest absolute Gasteiger partial charge is 0.463 e. The first-order chi connectivity index (χ1) is 8.08. The van der Waals surface area contributed by atoms with Gasteiger partial charge in [0.05, 0.1) is 13.2 Å². The zero-order chi connectivity index (χ0) is 12.8. The van der Waals surface area contributed by atoms with E-state index < -0.39 is 5.97 Å². The van der Waals surface area contributed by atoms with E-state index in [0.717, 1.165) is 0 Å². The molecule has 0 spiro atoms. The van der Waals surface area contributed by atoms with Crippen LogP contribution in [0.2, 0.25) is 0 Å². The molecule has 0 bridgehead atoms. The topological polar surface area (TPSA) is 51.5 Å². The molecule has 1 heterocycles. The molecule has 1 rings (SSSR count). The van der Waals surface area contributed by atoms with Gasteiger partial charge in [0.1, 0.15) is 5.76 Å². The van der Waals surface area contributed by atoms with Crippen molar-refractivity contribution in [2.75, 3.05) is 7.11 Å². The molecule has 0 aliphatic heterocycles. The smallest absolute Gasteiger partial charge is 0.373 e. The van der Waals surface area contributed by atoms with Crippen LogP contribution in [0.4, 0.5) is 0 Å². The molecular formula is C13H17NO3.